The Hall–Kier alpha value is -1.31. The molecule has 1 N–H and O–H groups in total. The largest absolute Gasteiger partial charge is 0.507 e. The topological polar surface area (TPSA) is 32.6 Å². The van der Waals surface area contributed by atoms with Crippen LogP contribution in [0.4, 0.5) is 0 Å². The zero-order valence-electron chi connectivity index (χ0n) is 15.5. The predicted octanol–water partition coefficient (Wildman–Crippen LogP) is 5.71. The van der Waals surface area contributed by atoms with E-state index in [1.54, 1.807) is 0 Å². The first-order valence-corrected chi connectivity index (χ1v) is 9.18. The van der Waals surface area contributed by atoms with E-state index in [1.807, 2.05) is 24.4 Å². The lowest BCUT2D eigenvalue weighted by molar-refractivity contribution is 0.242. The molecule has 0 aromatic heterocycles. The summed E-state index contributed by atoms with van der Waals surface area (Å²) in [5.74, 6) is 2.11. The predicted molar refractivity (Wildman–Crippen MR) is 99.6 cm³/mol. The first-order chi connectivity index (χ1) is 10.8. The zero-order valence-corrected chi connectivity index (χ0v) is 15.5. The van der Waals surface area contributed by atoms with E-state index >= 15 is 0 Å². The Morgan fingerprint density at radius 1 is 1.22 bits per heavy atom. The molecule has 1 aliphatic rings. The second-order valence-electron chi connectivity index (χ2n) is 8.23. The van der Waals surface area contributed by atoms with E-state index in [9.17, 15) is 5.11 Å². The number of para-hydroxylation sites is 1. The molecule has 2 rings (SSSR count). The van der Waals surface area contributed by atoms with E-state index in [4.69, 9.17) is 4.99 Å². The van der Waals surface area contributed by atoms with Gasteiger partial charge in [0.2, 0.25) is 0 Å². The van der Waals surface area contributed by atoms with Crippen LogP contribution in [-0.2, 0) is 5.41 Å². The van der Waals surface area contributed by atoms with E-state index in [0.29, 0.717) is 11.8 Å². The Labute approximate surface area is 142 Å². The third-order valence-electron chi connectivity index (χ3n) is 5.49. The highest BCUT2D eigenvalue weighted by molar-refractivity contribution is 5.84. The molecular formula is C21H33NO. The molecule has 1 aromatic carbocycles. The highest BCUT2D eigenvalue weighted by atomic mass is 16.3. The van der Waals surface area contributed by atoms with E-state index in [0.717, 1.165) is 23.0 Å². The molecule has 0 saturated heterocycles. The number of phenols is 1. The fourth-order valence-corrected chi connectivity index (χ4v) is 3.61. The standard InChI is InChI=1S/C21H33NO/c1-6-15(2)16-10-12-18(13-11-16)22-14-17-8-7-9-19(20(17)23)21(3,4)5/h7-9,14-16,18,23H,6,10-13H2,1-5H3/t15-,16?,18?/m0/s1. The summed E-state index contributed by atoms with van der Waals surface area (Å²) in [6.07, 6.45) is 8.14. The number of phenolic OH excluding ortho intramolecular Hbond substituents is 1. The molecule has 0 heterocycles. The van der Waals surface area contributed by atoms with Gasteiger partial charge in [-0.25, -0.2) is 0 Å². The molecule has 1 aromatic rings. The first kappa shape index (κ1) is 18.0. The van der Waals surface area contributed by atoms with Crippen molar-refractivity contribution in [3.05, 3.63) is 29.3 Å². The molecule has 0 unspecified atom stereocenters. The fourth-order valence-electron chi connectivity index (χ4n) is 3.61. The average molecular weight is 316 g/mol. The van der Waals surface area contributed by atoms with Crippen LogP contribution in [0.3, 0.4) is 0 Å². The Morgan fingerprint density at radius 3 is 2.43 bits per heavy atom. The minimum Gasteiger partial charge on any atom is -0.507 e. The van der Waals surface area contributed by atoms with E-state index in [1.165, 1.54) is 32.1 Å². The van der Waals surface area contributed by atoms with Crippen LogP contribution >= 0.6 is 0 Å². The normalized spacial score (nSPS) is 24.0. The minimum atomic E-state index is -0.0533. The molecule has 1 aliphatic carbocycles. The second-order valence-corrected chi connectivity index (χ2v) is 8.23. The van der Waals surface area contributed by atoms with E-state index in [2.05, 4.69) is 34.6 Å². The molecule has 2 nitrogen and oxygen atoms in total. The van der Waals surface area contributed by atoms with Gasteiger partial charge in [0.15, 0.2) is 0 Å². The summed E-state index contributed by atoms with van der Waals surface area (Å²) in [5.41, 5.74) is 1.78. The minimum absolute atomic E-state index is 0.0533. The smallest absolute Gasteiger partial charge is 0.128 e. The van der Waals surface area contributed by atoms with Gasteiger partial charge in [-0.15, -0.1) is 0 Å². The number of aromatic hydroxyl groups is 1. The van der Waals surface area contributed by atoms with Crippen molar-refractivity contribution >= 4 is 6.21 Å². The van der Waals surface area contributed by atoms with E-state index < -0.39 is 0 Å². The van der Waals surface area contributed by atoms with Crippen LogP contribution in [0.5, 0.6) is 5.75 Å². The van der Waals surface area contributed by atoms with Gasteiger partial charge in [0.05, 0.1) is 0 Å². The Balaban J connectivity index is 2.02. The van der Waals surface area contributed by atoms with E-state index in [-0.39, 0.29) is 5.41 Å². The number of benzene rings is 1. The second kappa shape index (κ2) is 7.51. The van der Waals surface area contributed by atoms with Crippen molar-refractivity contribution in [2.45, 2.75) is 78.2 Å². The molecule has 0 spiro atoms. The number of hydrogen-bond donors (Lipinski definition) is 1. The van der Waals surface area contributed by atoms with Crippen molar-refractivity contribution in [3.8, 4) is 5.75 Å². The molecule has 2 heteroatoms. The van der Waals surface area contributed by atoms with Crippen molar-refractivity contribution in [2.24, 2.45) is 16.8 Å². The third-order valence-corrected chi connectivity index (χ3v) is 5.49. The van der Waals surface area contributed by atoms with Gasteiger partial charge in [0.25, 0.3) is 0 Å². The van der Waals surface area contributed by atoms with Crippen molar-refractivity contribution in [1.29, 1.82) is 0 Å². The molecule has 1 saturated carbocycles. The fraction of sp³-hybridized carbons (Fsp3) is 0.667. The summed E-state index contributed by atoms with van der Waals surface area (Å²) in [6, 6.07) is 6.40. The summed E-state index contributed by atoms with van der Waals surface area (Å²) in [6.45, 7) is 11.0. The number of nitrogens with zero attached hydrogens (tertiary/aromatic N) is 1. The van der Waals surface area contributed by atoms with Crippen LogP contribution < -0.4 is 0 Å². The average Bonchev–Trinajstić information content (AvgIpc) is 2.52. The molecule has 0 amide bonds. The molecule has 0 radical (unpaired) electrons. The van der Waals surface area contributed by atoms with Crippen molar-refractivity contribution in [1.82, 2.24) is 0 Å². The van der Waals surface area contributed by atoms with Crippen LogP contribution in [0.25, 0.3) is 0 Å². The Morgan fingerprint density at radius 2 is 1.87 bits per heavy atom. The van der Waals surface area contributed by atoms with Crippen LogP contribution in [0.2, 0.25) is 0 Å². The lowest BCUT2D eigenvalue weighted by Gasteiger charge is -2.30. The zero-order chi connectivity index (χ0) is 17.0. The highest BCUT2D eigenvalue weighted by Crippen LogP contribution is 2.34. The first-order valence-electron chi connectivity index (χ1n) is 9.18. The van der Waals surface area contributed by atoms with Crippen LogP contribution in [0.1, 0.15) is 77.8 Å². The molecule has 1 fully saturated rings. The lowest BCUT2D eigenvalue weighted by atomic mass is 9.78. The van der Waals surface area contributed by atoms with Gasteiger partial charge in [-0.05, 0) is 54.6 Å². The van der Waals surface area contributed by atoms with Crippen LogP contribution in [0.15, 0.2) is 23.2 Å². The van der Waals surface area contributed by atoms with Crippen molar-refractivity contribution < 1.29 is 5.11 Å². The molecular weight excluding hydrogens is 282 g/mol. The summed E-state index contributed by atoms with van der Waals surface area (Å²) >= 11 is 0. The van der Waals surface area contributed by atoms with Crippen molar-refractivity contribution in [2.75, 3.05) is 0 Å². The monoisotopic (exact) mass is 315 g/mol. The molecule has 0 bridgehead atoms. The number of rotatable bonds is 4. The molecule has 128 valence electrons. The molecule has 0 aliphatic heterocycles. The van der Waals surface area contributed by atoms with Crippen molar-refractivity contribution in [3.63, 3.8) is 0 Å². The summed E-state index contributed by atoms with van der Waals surface area (Å²) < 4.78 is 0. The summed E-state index contributed by atoms with van der Waals surface area (Å²) in [7, 11) is 0. The Kier molecular flexibility index (Phi) is 5.89. The summed E-state index contributed by atoms with van der Waals surface area (Å²) in [5, 5.41) is 10.5. The van der Waals surface area contributed by atoms with Crippen LogP contribution in [-0.4, -0.2) is 17.4 Å². The summed E-state index contributed by atoms with van der Waals surface area (Å²) in [4.78, 5) is 4.77. The maximum Gasteiger partial charge on any atom is 0.128 e. The van der Waals surface area contributed by atoms with Gasteiger partial charge >= 0.3 is 0 Å². The van der Waals surface area contributed by atoms with Gasteiger partial charge in [-0.3, -0.25) is 4.99 Å². The Bertz CT molecular complexity index is 533. The molecule has 1 atom stereocenters. The maximum atomic E-state index is 10.5. The number of hydrogen-bond acceptors (Lipinski definition) is 2. The lowest BCUT2D eigenvalue weighted by Crippen LogP contribution is -2.21. The quantitative estimate of drug-likeness (QED) is 0.709. The van der Waals surface area contributed by atoms with Crippen LogP contribution in [0, 0.1) is 11.8 Å². The van der Waals surface area contributed by atoms with Gasteiger partial charge in [-0.2, -0.15) is 0 Å². The van der Waals surface area contributed by atoms with Gasteiger partial charge in [0, 0.05) is 17.8 Å². The maximum absolute atomic E-state index is 10.5. The van der Waals surface area contributed by atoms with Gasteiger partial charge < -0.3 is 5.11 Å². The van der Waals surface area contributed by atoms with Gasteiger partial charge in [-0.1, -0.05) is 53.2 Å². The number of aliphatic imine (C=N–C) groups is 1. The highest BCUT2D eigenvalue weighted by Gasteiger charge is 2.24. The van der Waals surface area contributed by atoms with Gasteiger partial charge in [0.1, 0.15) is 5.75 Å². The third kappa shape index (κ3) is 4.59. The molecule has 23 heavy (non-hydrogen) atoms. The SMILES string of the molecule is CC[C@H](C)C1CCC(N=Cc2cccc(C(C)(C)C)c2O)CC1.